The van der Waals surface area contributed by atoms with Crippen molar-refractivity contribution in [2.75, 3.05) is 7.11 Å². The number of aromatic amines is 1. The van der Waals surface area contributed by atoms with Crippen LogP contribution in [0.25, 0.3) is 17.3 Å². The van der Waals surface area contributed by atoms with E-state index < -0.39 is 5.41 Å². The molecule has 0 bridgehead atoms. The molecule has 1 aromatic carbocycles. The maximum absolute atomic E-state index is 13.0. The molecule has 0 saturated heterocycles. The molecule has 0 saturated carbocycles. The summed E-state index contributed by atoms with van der Waals surface area (Å²) in [4.78, 5) is 20.7. The number of carbonyl (C=O) groups is 1. The van der Waals surface area contributed by atoms with Crippen molar-refractivity contribution in [3.05, 3.63) is 83.3 Å². The quantitative estimate of drug-likeness (QED) is 0.522. The van der Waals surface area contributed by atoms with Crippen LogP contribution in [0.2, 0.25) is 0 Å². The average molecular weight is 421 g/mol. The van der Waals surface area contributed by atoms with Gasteiger partial charge in [0.05, 0.1) is 0 Å². The summed E-state index contributed by atoms with van der Waals surface area (Å²) in [5.74, 6) is -0.312. The molecule has 3 aromatic rings. The Morgan fingerprint density at radius 1 is 1.19 bits per heavy atom. The summed E-state index contributed by atoms with van der Waals surface area (Å²) >= 11 is 3.17. The number of esters is 1. The second kappa shape index (κ2) is 6.76. The normalized spacial score (nSPS) is 18.2. The number of methoxy groups -OCH3 is 1. The molecule has 134 valence electrons. The summed E-state index contributed by atoms with van der Waals surface area (Å²) in [6.07, 6.45) is 7.46. The summed E-state index contributed by atoms with van der Waals surface area (Å²) in [6.45, 7) is 2.06. The predicted molar refractivity (Wildman–Crippen MR) is 108 cm³/mol. The molecule has 1 atom stereocenters. The van der Waals surface area contributed by atoms with Crippen molar-refractivity contribution in [3.63, 3.8) is 0 Å². The average Bonchev–Trinajstić information content (AvgIpc) is 3.06. The van der Waals surface area contributed by atoms with E-state index in [0.717, 1.165) is 38.1 Å². The molecule has 1 aliphatic rings. The molecule has 1 unspecified atom stereocenters. The Labute approximate surface area is 165 Å². The molecule has 2 heterocycles. The van der Waals surface area contributed by atoms with Gasteiger partial charge in [0.15, 0.2) is 0 Å². The Balaban J connectivity index is 1.92. The van der Waals surface area contributed by atoms with Crippen LogP contribution in [0.5, 0.6) is 0 Å². The minimum absolute atomic E-state index is 0.312. The molecule has 0 fully saturated rings. The van der Waals surface area contributed by atoms with Crippen molar-refractivity contribution in [1.29, 1.82) is 0 Å². The first kappa shape index (κ1) is 17.7. The molecular formula is C22H18N2O2Se. The number of H-pyrrole nitrogens is 1. The second-order valence-corrected chi connectivity index (χ2v) is 7.34. The number of pyridine rings is 1. The minimum atomic E-state index is -0.984. The zero-order chi connectivity index (χ0) is 19.0. The molecule has 2 aromatic heterocycles. The summed E-state index contributed by atoms with van der Waals surface area (Å²) in [5, 5.41) is 0. The number of nitrogens with one attached hydrogen (secondary N) is 1. The van der Waals surface area contributed by atoms with Crippen molar-refractivity contribution >= 4 is 32.0 Å². The number of nitrogens with zero attached hydrogens (tertiary/aromatic N) is 1. The van der Waals surface area contributed by atoms with Gasteiger partial charge in [-0.15, -0.1) is 0 Å². The van der Waals surface area contributed by atoms with Crippen LogP contribution in [0.4, 0.5) is 0 Å². The third-order valence-corrected chi connectivity index (χ3v) is 6.15. The first-order chi connectivity index (χ1) is 13.1. The van der Waals surface area contributed by atoms with Gasteiger partial charge in [-0.05, 0) is 0 Å². The van der Waals surface area contributed by atoms with Gasteiger partial charge in [-0.25, -0.2) is 0 Å². The SMILES string of the molecule is COC(=O)C1(c2ccccc2)C=Cc2[nH]c(-c3cccnc3)c(C)c2C1=[Se]. The zero-order valence-electron chi connectivity index (χ0n) is 15.0. The van der Waals surface area contributed by atoms with Crippen LogP contribution in [0, 0.1) is 6.92 Å². The molecule has 1 aliphatic carbocycles. The molecule has 4 rings (SSSR count). The van der Waals surface area contributed by atoms with Crippen molar-refractivity contribution < 1.29 is 9.53 Å². The topological polar surface area (TPSA) is 55.0 Å². The summed E-state index contributed by atoms with van der Waals surface area (Å²) in [5.41, 5.74) is 4.94. The third kappa shape index (κ3) is 2.62. The molecule has 5 heteroatoms. The van der Waals surface area contributed by atoms with Crippen LogP contribution in [-0.2, 0) is 14.9 Å². The van der Waals surface area contributed by atoms with E-state index in [9.17, 15) is 4.79 Å². The van der Waals surface area contributed by atoms with Gasteiger partial charge in [0.25, 0.3) is 0 Å². The number of fused-ring (bicyclic) bond motifs is 1. The van der Waals surface area contributed by atoms with Gasteiger partial charge < -0.3 is 0 Å². The predicted octanol–water partition coefficient (Wildman–Crippen LogP) is 3.21. The van der Waals surface area contributed by atoms with Crippen molar-refractivity contribution in [3.8, 4) is 11.3 Å². The first-order valence-corrected chi connectivity index (χ1v) is 9.46. The molecule has 0 radical (unpaired) electrons. The number of hydrogen-bond acceptors (Lipinski definition) is 3. The van der Waals surface area contributed by atoms with E-state index in [1.165, 1.54) is 7.11 Å². The molecular weight excluding hydrogens is 403 g/mol. The van der Waals surface area contributed by atoms with Gasteiger partial charge in [-0.1, -0.05) is 0 Å². The van der Waals surface area contributed by atoms with Gasteiger partial charge in [0.2, 0.25) is 0 Å². The van der Waals surface area contributed by atoms with E-state index in [0.29, 0.717) is 0 Å². The molecule has 0 amide bonds. The third-order valence-electron chi connectivity index (χ3n) is 5.05. The van der Waals surface area contributed by atoms with Gasteiger partial charge in [-0.2, -0.15) is 0 Å². The number of benzene rings is 1. The van der Waals surface area contributed by atoms with Gasteiger partial charge in [-0.3, -0.25) is 0 Å². The summed E-state index contributed by atoms with van der Waals surface area (Å²) < 4.78 is 6.05. The van der Waals surface area contributed by atoms with E-state index in [2.05, 4.69) is 32.5 Å². The number of aromatic nitrogens is 2. The van der Waals surface area contributed by atoms with Gasteiger partial charge in [0.1, 0.15) is 0 Å². The Bertz CT molecular complexity index is 1050. The fraction of sp³-hybridized carbons (Fsp3) is 0.136. The van der Waals surface area contributed by atoms with Crippen LogP contribution >= 0.6 is 0 Å². The number of ether oxygens (including phenoxy) is 1. The Morgan fingerprint density at radius 3 is 2.63 bits per heavy atom. The van der Waals surface area contributed by atoms with E-state index in [4.69, 9.17) is 4.74 Å². The Kier molecular flexibility index (Phi) is 4.42. The van der Waals surface area contributed by atoms with Gasteiger partial charge >= 0.3 is 166 Å². The van der Waals surface area contributed by atoms with Crippen molar-refractivity contribution in [1.82, 2.24) is 9.97 Å². The summed E-state index contributed by atoms with van der Waals surface area (Å²) in [7, 11) is 1.43. The first-order valence-electron chi connectivity index (χ1n) is 8.60. The van der Waals surface area contributed by atoms with Crippen molar-refractivity contribution in [2.24, 2.45) is 0 Å². The molecule has 4 nitrogen and oxygen atoms in total. The van der Waals surface area contributed by atoms with Crippen LogP contribution in [0.15, 0.2) is 60.9 Å². The van der Waals surface area contributed by atoms with Crippen LogP contribution in [0.1, 0.15) is 22.4 Å². The Hall–Kier alpha value is -2.75. The van der Waals surface area contributed by atoms with E-state index in [-0.39, 0.29) is 5.97 Å². The zero-order valence-corrected chi connectivity index (χ0v) is 16.7. The molecule has 27 heavy (non-hydrogen) atoms. The Morgan fingerprint density at radius 2 is 1.96 bits per heavy atom. The fourth-order valence-electron chi connectivity index (χ4n) is 3.68. The van der Waals surface area contributed by atoms with Crippen molar-refractivity contribution in [2.45, 2.75) is 12.3 Å². The second-order valence-electron chi connectivity index (χ2n) is 6.48. The van der Waals surface area contributed by atoms with E-state index in [1.54, 1.807) is 6.20 Å². The fourth-order valence-corrected chi connectivity index (χ4v) is 4.80. The van der Waals surface area contributed by atoms with E-state index in [1.807, 2.05) is 60.8 Å². The maximum atomic E-state index is 13.0. The van der Waals surface area contributed by atoms with Gasteiger partial charge in [0, 0.05) is 0 Å². The van der Waals surface area contributed by atoms with Crippen LogP contribution < -0.4 is 0 Å². The standard InChI is InChI=1S/C22H18N2O2Se/c1-14-18-17(24-19(14)15-7-6-12-23-13-15)10-11-22(20(18)27,21(25)26-2)16-8-4-3-5-9-16/h3-13,24H,1-2H3. The molecule has 1 N–H and O–H groups in total. The van der Waals surface area contributed by atoms with Crippen LogP contribution in [-0.4, -0.2) is 43.0 Å². The van der Waals surface area contributed by atoms with E-state index >= 15 is 0 Å². The monoisotopic (exact) mass is 422 g/mol. The molecule has 0 aliphatic heterocycles. The summed E-state index contributed by atoms with van der Waals surface area (Å²) in [6, 6.07) is 13.6. The number of rotatable bonds is 3. The van der Waals surface area contributed by atoms with Crippen LogP contribution in [0.3, 0.4) is 0 Å². The number of carbonyl (C=O) groups excluding carboxylic acids is 1. The number of hydrogen-bond donors (Lipinski definition) is 1. The molecule has 0 spiro atoms.